The van der Waals surface area contributed by atoms with Crippen LogP contribution in [0.15, 0.2) is 54.7 Å². The molecule has 0 radical (unpaired) electrons. The molecule has 0 spiro atoms. The number of aromatic nitrogens is 1. The molecule has 4 rings (SSSR count). The van der Waals surface area contributed by atoms with Gasteiger partial charge >= 0.3 is 0 Å². The SMILES string of the molecule is CC(C)CCNC(=O)c1ccc2ccnc(N3CCN(c4ccc(F)cc4)CC3)c2c1. The second-order valence-electron chi connectivity index (χ2n) is 8.46. The van der Waals surface area contributed by atoms with Gasteiger partial charge in [0.2, 0.25) is 0 Å². The molecule has 2 heterocycles. The van der Waals surface area contributed by atoms with E-state index in [1.54, 1.807) is 0 Å². The first-order valence-corrected chi connectivity index (χ1v) is 10.9. The van der Waals surface area contributed by atoms with E-state index in [1.807, 2.05) is 42.6 Å². The van der Waals surface area contributed by atoms with E-state index < -0.39 is 0 Å². The highest BCUT2D eigenvalue weighted by Gasteiger charge is 2.20. The molecule has 1 amide bonds. The van der Waals surface area contributed by atoms with E-state index >= 15 is 0 Å². The van der Waals surface area contributed by atoms with Crippen molar-refractivity contribution in [2.75, 3.05) is 42.5 Å². The van der Waals surface area contributed by atoms with Gasteiger partial charge in [-0.05, 0) is 60.2 Å². The summed E-state index contributed by atoms with van der Waals surface area (Å²) in [7, 11) is 0. The van der Waals surface area contributed by atoms with Gasteiger partial charge in [0.15, 0.2) is 0 Å². The number of rotatable bonds is 6. The first-order valence-electron chi connectivity index (χ1n) is 10.9. The molecule has 1 aliphatic rings. The number of hydrogen-bond acceptors (Lipinski definition) is 4. The topological polar surface area (TPSA) is 48.5 Å². The number of benzene rings is 2. The lowest BCUT2D eigenvalue weighted by atomic mass is 10.1. The van der Waals surface area contributed by atoms with Crippen molar-refractivity contribution in [1.29, 1.82) is 0 Å². The third kappa shape index (κ3) is 4.95. The Labute approximate surface area is 182 Å². The maximum atomic E-state index is 13.2. The average Bonchev–Trinajstić information content (AvgIpc) is 2.78. The van der Waals surface area contributed by atoms with Crippen molar-refractivity contribution in [3.63, 3.8) is 0 Å². The Morgan fingerprint density at radius 3 is 2.45 bits per heavy atom. The van der Waals surface area contributed by atoms with Gasteiger partial charge in [-0.1, -0.05) is 19.9 Å². The zero-order valence-corrected chi connectivity index (χ0v) is 18.1. The summed E-state index contributed by atoms with van der Waals surface area (Å²) in [6.45, 7) is 8.27. The molecule has 0 atom stereocenters. The minimum absolute atomic E-state index is 0.0431. The molecule has 3 aromatic rings. The summed E-state index contributed by atoms with van der Waals surface area (Å²) in [6.07, 6.45) is 2.79. The van der Waals surface area contributed by atoms with Gasteiger partial charge < -0.3 is 15.1 Å². The van der Waals surface area contributed by atoms with Crippen LogP contribution in [0.2, 0.25) is 0 Å². The quantitative estimate of drug-likeness (QED) is 0.639. The molecular formula is C25H29FN4O. The van der Waals surface area contributed by atoms with Crippen molar-refractivity contribution in [3.05, 3.63) is 66.1 Å². The number of amides is 1. The number of fused-ring (bicyclic) bond motifs is 1. The number of anilines is 2. The second kappa shape index (κ2) is 9.33. The number of carbonyl (C=O) groups excluding carboxylic acids is 1. The first-order chi connectivity index (χ1) is 15.0. The fourth-order valence-corrected chi connectivity index (χ4v) is 3.95. The van der Waals surface area contributed by atoms with E-state index in [9.17, 15) is 9.18 Å². The van der Waals surface area contributed by atoms with Gasteiger partial charge in [-0.25, -0.2) is 9.37 Å². The molecular weight excluding hydrogens is 391 g/mol. The van der Waals surface area contributed by atoms with E-state index in [2.05, 4.69) is 33.9 Å². The van der Waals surface area contributed by atoms with Crippen molar-refractivity contribution in [3.8, 4) is 0 Å². The highest BCUT2D eigenvalue weighted by molar-refractivity contribution is 6.01. The smallest absolute Gasteiger partial charge is 0.251 e. The highest BCUT2D eigenvalue weighted by Crippen LogP contribution is 2.27. The normalized spacial score (nSPS) is 14.3. The summed E-state index contributed by atoms with van der Waals surface area (Å²) in [5, 5.41) is 5.08. The maximum absolute atomic E-state index is 13.2. The molecule has 162 valence electrons. The van der Waals surface area contributed by atoms with Crippen LogP contribution < -0.4 is 15.1 Å². The fourth-order valence-electron chi connectivity index (χ4n) is 3.95. The average molecular weight is 421 g/mol. The molecule has 0 bridgehead atoms. The van der Waals surface area contributed by atoms with Crippen LogP contribution in [0.4, 0.5) is 15.9 Å². The molecule has 2 aromatic carbocycles. The minimum Gasteiger partial charge on any atom is -0.368 e. The van der Waals surface area contributed by atoms with Gasteiger partial charge in [-0.3, -0.25) is 4.79 Å². The van der Waals surface area contributed by atoms with Crippen LogP contribution >= 0.6 is 0 Å². The molecule has 31 heavy (non-hydrogen) atoms. The van der Waals surface area contributed by atoms with E-state index in [4.69, 9.17) is 0 Å². The van der Waals surface area contributed by atoms with E-state index in [0.29, 0.717) is 18.0 Å². The van der Waals surface area contributed by atoms with Gasteiger partial charge in [0.25, 0.3) is 5.91 Å². The fraction of sp³-hybridized carbons (Fsp3) is 0.360. The van der Waals surface area contributed by atoms with Crippen molar-refractivity contribution >= 4 is 28.2 Å². The van der Waals surface area contributed by atoms with Gasteiger partial charge in [0, 0.05) is 55.6 Å². The van der Waals surface area contributed by atoms with Crippen LogP contribution in [0.3, 0.4) is 0 Å². The number of piperazine rings is 1. The lowest BCUT2D eigenvalue weighted by Crippen LogP contribution is -2.46. The highest BCUT2D eigenvalue weighted by atomic mass is 19.1. The number of nitrogens with zero attached hydrogens (tertiary/aromatic N) is 3. The van der Waals surface area contributed by atoms with Crippen LogP contribution in [0, 0.1) is 11.7 Å². The summed E-state index contributed by atoms with van der Waals surface area (Å²) in [5.41, 5.74) is 1.70. The summed E-state index contributed by atoms with van der Waals surface area (Å²) in [4.78, 5) is 21.8. The summed E-state index contributed by atoms with van der Waals surface area (Å²) in [6, 6.07) is 14.5. The van der Waals surface area contributed by atoms with Gasteiger partial charge in [-0.15, -0.1) is 0 Å². The molecule has 5 nitrogen and oxygen atoms in total. The number of carbonyl (C=O) groups is 1. The number of halogens is 1. The Morgan fingerprint density at radius 1 is 1.03 bits per heavy atom. The predicted molar refractivity (Wildman–Crippen MR) is 124 cm³/mol. The maximum Gasteiger partial charge on any atom is 0.251 e. The minimum atomic E-state index is -0.216. The van der Waals surface area contributed by atoms with Crippen LogP contribution in [0.1, 0.15) is 30.6 Å². The van der Waals surface area contributed by atoms with E-state index in [0.717, 1.165) is 54.9 Å². The molecule has 0 saturated carbocycles. The van der Waals surface area contributed by atoms with Crippen LogP contribution in [-0.2, 0) is 0 Å². The third-order valence-electron chi connectivity index (χ3n) is 5.79. The standard InChI is InChI=1S/C25H29FN4O/c1-18(2)9-11-28-25(31)20-4-3-19-10-12-27-24(23(19)17-20)30-15-13-29(14-16-30)22-7-5-21(26)6-8-22/h3-8,10,12,17-18H,9,11,13-16H2,1-2H3,(H,28,31). The first kappa shape index (κ1) is 21.1. The number of nitrogens with one attached hydrogen (secondary N) is 1. The Balaban J connectivity index is 1.50. The van der Waals surface area contributed by atoms with Crippen molar-refractivity contribution < 1.29 is 9.18 Å². The molecule has 6 heteroatoms. The molecule has 1 fully saturated rings. The van der Waals surface area contributed by atoms with Gasteiger partial charge in [0.1, 0.15) is 11.6 Å². The van der Waals surface area contributed by atoms with Crippen molar-refractivity contribution in [1.82, 2.24) is 10.3 Å². The summed E-state index contributed by atoms with van der Waals surface area (Å²) >= 11 is 0. The van der Waals surface area contributed by atoms with Crippen molar-refractivity contribution in [2.45, 2.75) is 20.3 Å². The monoisotopic (exact) mass is 420 g/mol. The Kier molecular flexibility index (Phi) is 6.35. The molecule has 1 saturated heterocycles. The number of hydrogen-bond donors (Lipinski definition) is 1. The lowest BCUT2D eigenvalue weighted by Gasteiger charge is -2.37. The molecule has 1 aliphatic heterocycles. The zero-order chi connectivity index (χ0) is 21.8. The second-order valence-corrected chi connectivity index (χ2v) is 8.46. The summed E-state index contributed by atoms with van der Waals surface area (Å²) < 4.78 is 13.2. The largest absolute Gasteiger partial charge is 0.368 e. The van der Waals surface area contributed by atoms with Crippen LogP contribution in [-0.4, -0.2) is 43.6 Å². The predicted octanol–water partition coefficient (Wildman–Crippen LogP) is 4.48. The van der Waals surface area contributed by atoms with Crippen LogP contribution in [0.5, 0.6) is 0 Å². The van der Waals surface area contributed by atoms with E-state index in [1.165, 1.54) is 12.1 Å². The third-order valence-corrected chi connectivity index (χ3v) is 5.79. The lowest BCUT2D eigenvalue weighted by molar-refractivity contribution is 0.0952. The van der Waals surface area contributed by atoms with Gasteiger partial charge in [0.05, 0.1) is 0 Å². The Hall–Kier alpha value is -3.15. The molecule has 0 aliphatic carbocycles. The summed E-state index contributed by atoms with van der Waals surface area (Å²) in [5.74, 6) is 1.21. The Morgan fingerprint density at radius 2 is 1.74 bits per heavy atom. The van der Waals surface area contributed by atoms with Crippen LogP contribution in [0.25, 0.3) is 10.8 Å². The number of pyridine rings is 1. The van der Waals surface area contributed by atoms with Crippen molar-refractivity contribution in [2.24, 2.45) is 5.92 Å². The zero-order valence-electron chi connectivity index (χ0n) is 18.1. The van der Waals surface area contributed by atoms with Gasteiger partial charge in [-0.2, -0.15) is 0 Å². The Bertz CT molecular complexity index is 1040. The molecule has 1 N–H and O–H groups in total. The molecule has 1 aromatic heterocycles. The van der Waals surface area contributed by atoms with E-state index in [-0.39, 0.29) is 11.7 Å². The molecule has 0 unspecified atom stereocenters.